The van der Waals surface area contributed by atoms with E-state index >= 15 is 0 Å². The maximum absolute atomic E-state index is 13.2. The Bertz CT molecular complexity index is 767. The van der Waals surface area contributed by atoms with Crippen molar-refractivity contribution in [1.82, 2.24) is 25.1 Å². The van der Waals surface area contributed by atoms with Crippen molar-refractivity contribution in [2.24, 2.45) is 5.73 Å². The second kappa shape index (κ2) is 9.03. The molecule has 2 aliphatic heterocycles. The van der Waals surface area contributed by atoms with Crippen molar-refractivity contribution in [1.29, 1.82) is 0 Å². The molecule has 3 unspecified atom stereocenters. The number of imidazole rings is 1. The van der Waals surface area contributed by atoms with Crippen LogP contribution in [-0.2, 0) is 25.6 Å². The fraction of sp³-hybridized carbons (Fsp3) is 0.611. The monoisotopic (exact) mass is 406 g/mol. The molecule has 0 radical (unpaired) electrons. The van der Waals surface area contributed by atoms with E-state index in [4.69, 9.17) is 5.73 Å². The number of likely N-dealkylation sites (tertiary alicyclic amines) is 2. The van der Waals surface area contributed by atoms with Crippen LogP contribution in [0.15, 0.2) is 12.5 Å². The Morgan fingerprint density at radius 3 is 2.52 bits per heavy atom. The van der Waals surface area contributed by atoms with Gasteiger partial charge in [-0.25, -0.2) is 9.78 Å². The second-order valence-corrected chi connectivity index (χ2v) is 7.32. The zero-order chi connectivity index (χ0) is 21.0. The lowest BCUT2D eigenvalue weighted by molar-refractivity contribution is -0.152. The molecule has 0 aromatic carbocycles. The molecule has 11 nitrogen and oxygen atoms in total. The molecule has 11 heteroatoms. The number of amides is 3. The van der Waals surface area contributed by atoms with Gasteiger partial charge in [-0.15, -0.1) is 0 Å². The number of hydrogen-bond acceptors (Lipinski definition) is 6. The van der Waals surface area contributed by atoms with E-state index in [1.165, 1.54) is 16.1 Å². The first-order valence-electron chi connectivity index (χ1n) is 9.72. The van der Waals surface area contributed by atoms with Gasteiger partial charge in [0.25, 0.3) is 0 Å². The Morgan fingerprint density at radius 1 is 1.21 bits per heavy atom. The lowest BCUT2D eigenvalue weighted by Crippen LogP contribution is -2.56. The van der Waals surface area contributed by atoms with Gasteiger partial charge in [-0.05, 0) is 25.7 Å². The number of aromatic amines is 1. The van der Waals surface area contributed by atoms with E-state index in [0.29, 0.717) is 44.5 Å². The summed E-state index contributed by atoms with van der Waals surface area (Å²) in [4.78, 5) is 59.2. The molecular formula is C18H26N6O5. The standard InChI is InChI=1S/C18H26N6O5/c19-8-15(25)22-12(7-11-9-20-10-21-11)16(26)23-5-1-3-13(23)17(27)24-6-2-4-14(24)18(28)29/h9-10,12-14H,1-8,19H2,(H,20,21)(H,22,25)(H,28,29). The van der Waals surface area contributed by atoms with Crippen LogP contribution in [-0.4, -0.2) is 86.3 Å². The van der Waals surface area contributed by atoms with Gasteiger partial charge in [0.05, 0.1) is 12.9 Å². The van der Waals surface area contributed by atoms with Gasteiger partial charge < -0.3 is 30.9 Å². The number of hydrogen-bond donors (Lipinski definition) is 4. The van der Waals surface area contributed by atoms with Gasteiger partial charge in [-0.2, -0.15) is 0 Å². The number of nitrogens with two attached hydrogens (primary N) is 1. The third kappa shape index (κ3) is 4.56. The van der Waals surface area contributed by atoms with Crippen LogP contribution in [0.2, 0.25) is 0 Å². The molecular weight excluding hydrogens is 380 g/mol. The quantitative estimate of drug-likeness (QED) is 0.427. The van der Waals surface area contributed by atoms with Gasteiger partial charge in [-0.3, -0.25) is 14.4 Å². The number of nitrogens with zero attached hydrogens (tertiary/aromatic N) is 3. The van der Waals surface area contributed by atoms with Crippen LogP contribution in [0.3, 0.4) is 0 Å². The lowest BCUT2D eigenvalue weighted by Gasteiger charge is -2.32. The molecule has 3 heterocycles. The Kier molecular flexibility index (Phi) is 6.47. The number of rotatable bonds is 7. The van der Waals surface area contributed by atoms with Gasteiger partial charge in [0, 0.05) is 31.4 Å². The molecule has 2 fully saturated rings. The zero-order valence-electron chi connectivity index (χ0n) is 16.0. The van der Waals surface area contributed by atoms with E-state index in [9.17, 15) is 24.3 Å². The number of aliphatic carboxylic acids is 1. The molecule has 29 heavy (non-hydrogen) atoms. The number of carbonyl (C=O) groups is 4. The first kappa shape index (κ1) is 20.8. The molecule has 3 atom stereocenters. The summed E-state index contributed by atoms with van der Waals surface area (Å²) in [6, 6.07) is -2.46. The number of carboxylic acid groups (broad SMARTS) is 1. The number of carbonyl (C=O) groups excluding carboxylic acids is 3. The number of carboxylic acids is 1. The smallest absolute Gasteiger partial charge is 0.326 e. The van der Waals surface area contributed by atoms with Crippen LogP contribution in [0.25, 0.3) is 0 Å². The highest BCUT2D eigenvalue weighted by Gasteiger charge is 2.43. The van der Waals surface area contributed by atoms with Gasteiger partial charge in [0.2, 0.25) is 17.7 Å². The second-order valence-electron chi connectivity index (χ2n) is 7.32. The summed E-state index contributed by atoms with van der Waals surface area (Å²) in [5.74, 6) is -2.23. The van der Waals surface area contributed by atoms with Gasteiger partial charge >= 0.3 is 5.97 Å². The topological polar surface area (TPSA) is 162 Å². The summed E-state index contributed by atoms with van der Waals surface area (Å²) in [5.41, 5.74) is 6.04. The maximum atomic E-state index is 13.2. The fourth-order valence-corrected chi connectivity index (χ4v) is 4.04. The van der Waals surface area contributed by atoms with E-state index in [-0.39, 0.29) is 24.8 Å². The third-order valence-corrected chi connectivity index (χ3v) is 5.44. The first-order chi connectivity index (χ1) is 13.9. The van der Waals surface area contributed by atoms with E-state index in [1.54, 1.807) is 6.20 Å². The SMILES string of the molecule is NCC(=O)NC(Cc1cnc[nH]1)C(=O)N1CCCC1C(=O)N1CCCC1C(=O)O. The maximum Gasteiger partial charge on any atom is 0.326 e. The van der Waals surface area contributed by atoms with Crippen molar-refractivity contribution in [2.45, 2.75) is 50.2 Å². The fourth-order valence-electron chi connectivity index (χ4n) is 4.04. The van der Waals surface area contributed by atoms with Crippen molar-refractivity contribution in [2.75, 3.05) is 19.6 Å². The Balaban J connectivity index is 1.76. The minimum atomic E-state index is -1.03. The van der Waals surface area contributed by atoms with Gasteiger partial charge in [0.1, 0.15) is 18.1 Å². The first-order valence-corrected chi connectivity index (χ1v) is 9.72. The molecule has 1 aromatic rings. The van der Waals surface area contributed by atoms with E-state index in [1.807, 2.05) is 0 Å². The van der Waals surface area contributed by atoms with Crippen LogP contribution in [0.1, 0.15) is 31.4 Å². The molecule has 1 aromatic heterocycles. The molecule has 3 rings (SSSR count). The molecule has 5 N–H and O–H groups in total. The summed E-state index contributed by atoms with van der Waals surface area (Å²) in [6.45, 7) is 0.484. The van der Waals surface area contributed by atoms with Crippen LogP contribution in [0.4, 0.5) is 0 Å². The van der Waals surface area contributed by atoms with Crippen LogP contribution >= 0.6 is 0 Å². The predicted octanol–water partition coefficient (Wildman–Crippen LogP) is -1.54. The normalized spacial score (nSPS) is 22.5. The highest BCUT2D eigenvalue weighted by molar-refractivity contribution is 5.94. The molecule has 158 valence electrons. The molecule has 2 aliphatic rings. The molecule has 3 amide bonds. The van der Waals surface area contributed by atoms with Crippen LogP contribution in [0, 0.1) is 0 Å². The number of H-pyrrole nitrogens is 1. The Hall–Kier alpha value is -2.95. The van der Waals surface area contributed by atoms with E-state index in [0.717, 1.165) is 0 Å². The van der Waals surface area contributed by atoms with Crippen LogP contribution < -0.4 is 11.1 Å². The lowest BCUT2D eigenvalue weighted by atomic mass is 10.1. The Morgan fingerprint density at radius 2 is 1.90 bits per heavy atom. The molecule has 0 saturated carbocycles. The highest BCUT2D eigenvalue weighted by atomic mass is 16.4. The highest BCUT2D eigenvalue weighted by Crippen LogP contribution is 2.25. The van der Waals surface area contributed by atoms with E-state index < -0.39 is 30.0 Å². The van der Waals surface area contributed by atoms with Crippen molar-refractivity contribution in [3.63, 3.8) is 0 Å². The zero-order valence-corrected chi connectivity index (χ0v) is 16.0. The molecule has 0 aliphatic carbocycles. The average Bonchev–Trinajstić information content (AvgIpc) is 3.47. The van der Waals surface area contributed by atoms with Crippen molar-refractivity contribution in [3.05, 3.63) is 18.2 Å². The van der Waals surface area contributed by atoms with Gasteiger partial charge in [0.15, 0.2) is 0 Å². The summed E-state index contributed by atoms with van der Waals surface area (Å²) in [7, 11) is 0. The average molecular weight is 406 g/mol. The molecule has 0 bridgehead atoms. The largest absolute Gasteiger partial charge is 0.480 e. The number of aromatic nitrogens is 2. The Labute approximate surface area is 167 Å². The molecule has 0 spiro atoms. The summed E-state index contributed by atoms with van der Waals surface area (Å²) in [5, 5.41) is 12.0. The predicted molar refractivity (Wildman–Crippen MR) is 100 cm³/mol. The van der Waals surface area contributed by atoms with Crippen molar-refractivity contribution in [3.8, 4) is 0 Å². The third-order valence-electron chi connectivity index (χ3n) is 5.44. The summed E-state index contributed by atoms with van der Waals surface area (Å²) >= 11 is 0. The van der Waals surface area contributed by atoms with Crippen LogP contribution in [0.5, 0.6) is 0 Å². The number of nitrogens with one attached hydrogen (secondary N) is 2. The summed E-state index contributed by atoms with van der Waals surface area (Å²) in [6.07, 6.45) is 5.36. The minimum Gasteiger partial charge on any atom is -0.480 e. The van der Waals surface area contributed by atoms with E-state index in [2.05, 4.69) is 15.3 Å². The van der Waals surface area contributed by atoms with Gasteiger partial charge in [-0.1, -0.05) is 0 Å². The summed E-state index contributed by atoms with van der Waals surface area (Å²) < 4.78 is 0. The minimum absolute atomic E-state index is 0.184. The van der Waals surface area contributed by atoms with Crippen molar-refractivity contribution >= 4 is 23.7 Å². The molecule has 2 saturated heterocycles. The van der Waals surface area contributed by atoms with Crippen molar-refractivity contribution < 1.29 is 24.3 Å².